The summed E-state index contributed by atoms with van der Waals surface area (Å²) in [6.07, 6.45) is 0.547. The Balaban J connectivity index is 2.48. The predicted molar refractivity (Wildman–Crippen MR) is 72.1 cm³/mol. The number of carbonyl (C=O) groups is 1. The second-order valence-electron chi connectivity index (χ2n) is 4.29. The third kappa shape index (κ3) is 2.45. The molecule has 0 saturated carbocycles. The molecule has 0 unspecified atom stereocenters. The van der Waals surface area contributed by atoms with E-state index in [1.165, 1.54) is 38.4 Å². The lowest BCUT2D eigenvalue weighted by atomic mass is 10.1. The minimum atomic E-state index is -3.61. The number of nitrogens with zero attached hydrogens (tertiary/aromatic N) is 1. The number of carbonyl (C=O) groups excluding carboxylic acids is 1. The first-order valence-electron chi connectivity index (χ1n) is 5.67. The molecule has 0 bridgehead atoms. The first-order valence-corrected chi connectivity index (χ1v) is 7.11. The van der Waals surface area contributed by atoms with E-state index in [2.05, 4.69) is 0 Å². The minimum absolute atomic E-state index is 0.0223. The highest BCUT2D eigenvalue weighted by molar-refractivity contribution is 7.89. The highest BCUT2D eigenvalue weighted by atomic mass is 32.2. The van der Waals surface area contributed by atoms with Crippen molar-refractivity contribution in [2.24, 2.45) is 0 Å². The molecule has 0 fully saturated rings. The van der Waals surface area contributed by atoms with E-state index in [-0.39, 0.29) is 16.4 Å². The molecule has 0 aliphatic heterocycles. The standard InChI is InChI=1S/C13H13NO5S/c1-14(2)20(17,18)10-4-5-11(12(16)7-10)13-6-3-9(8-15)19-13/h3-8,16H,1-2H3. The molecule has 1 aromatic carbocycles. The lowest BCUT2D eigenvalue weighted by Crippen LogP contribution is -2.22. The number of benzene rings is 1. The van der Waals surface area contributed by atoms with Gasteiger partial charge >= 0.3 is 0 Å². The number of phenols is 1. The molecule has 0 spiro atoms. The van der Waals surface area contributed by atoms with Gasteiger partial charge in [-0.15, -0.1) is 0 Å². The van der Waals surface area contributed by atoms with E-state index in [1.807, 2.05) is 0 Å². The lowest BCUT2D eigenvalue weighted by molar-refractivity contribution is 0.110. The zero-order chi connectivity index (χ0) is 14.9. The largest absolute Gasteiger partial charge is 0.507 e. The van der Waals surface area contributed by atoms with Gasteiger partial charge in [0.15, 0.2) is 12.0 Å². The third-order valence-electron chi connectivity index (χ3n) is 2.76. The maximum Gasteiger partial charge on any atom is 0.242 e. The van der Waals surface area contributed by atoms with Crippen molar-refractivity contribution in [3.8, 4) is 17.1 Å². The van der Waals surface area contributed by atoms with Crippen LogP contribution in [-0.4, -0.2) is 38.2 Å². The van der Waals surface area contributed by atoms with Crippen molar-refractivity contribution in [3.63, 3.8) is 0 Å². The zero-order valence-electron chi connectivity index (χ0n) is 10.9. The van der Waals surface area contributed by atoms with Crippen LogP contribution in [-0.2, 0) is 10.0 Å². The summed E-state index contributed by atoms with van der Waals surface area (Å²) in [6, 6.07) is 6.94. The monoisotopic (exact) mass is 295 g/mol. The van der Waals surface area contributed by atoms with Gasteiger partial charge in [-0.1, -0.05) is 0 Å². The topological polar surface area (TPSA) is 87.8 Å². The molecule has 20 heavy (non-hydrogen) atoms. The smallest absolute Gasteiger partial charge is 0.242 e. The zero-order valence-corrected chi connectivity index (χ0v) is 11.7. The molecule has 0 aliphatic rings. The van der Waals surface area contributed by atoms with Crippen LogP contribution in [0.2, 0.25) is 0 Å². The van der Waals surface area contributed by atoms with Crippen LogP contribution >= 0.6 is 0 Å². The van der Waals surface area contributed by atoms with Crippen LogP contribution in [0.15, 0.2) is 39.6 Å². The Bertz CT molecular complexity index is 746. The Hall–Kier alpha value is -2.12. The van der Waals surface area contributed by atoms with Gasteiger partial charge in [-0.3, -0.25) is 4.79 Å². The van der Waals surface area contributed by atoms with Crippen molar-refractivity contribution < 1.29 is 22.7 Å². The van der Waals surface area contributed by atoms with E-state index in [4.69, 9.17) is 4.42 Å². The average Bonchev–Trinajstić information content (AvgIpc) is 2.86. The predicted octanol–water partition coefficient (Wildman–Crippen LogP) is 1.72. The number of phenolic OH excluding ortho intramolecular Hbond substituents is 1. The maximum absolute atomic E-state index is 11.9. The van der Waals surface area contributed by atoms with Crippen LogP contribution in [0.25, 0.3) is 11.3 Å². The van der Waals surface area contributed by atoms with Crippen molar-refractivity contribution >= 4 is 16.3 Å². The Labute approximate surface area is 116 Å². The fourth-order valence-electron chi connectivity index (χ4n) is 1.65. The molecule has 0 aliphatic carbocycles. The first kappa shape index (κ1) is 14.3. The van der Waals surface area contributed by atoms with Crippen molar-refractivity contribution in [1.82, 2.24) is 4.31 Å². The van der Waals surface area contributed by atoms with E-state index in [9.17, 15) is 18.3 Å². The Morgan fingerprint density at radius 3 is 2.40 bits per heavy atom. The van der Waals surface area contributed by atoms with Crippen molar-refractivity contribution in [2.75, 3.05) is 14.1 Å². The van der Waals surface area contributed by atoms with Crippen LogP contribution < -0.4 is 0 Å². The molecule has 1 aromatic heterocycles. The highest BCUT2D eigenvalue weighted by Gasteiger charge is 2.19. The molecule has 2 rings (SSSR count). The Morgan fingerprint density at radius 1 is 1.20 bits per heavy atom. The minimum Gasteiger partial charge on any atom is -0.507 e. The van der Waals surface area contributed by atoms with Crippen LogP contribution in [0, 0.1) is 0 Å². The Morgan fingerprint density at radius 2 is 1.90 bits per heavy atom. The molecule has 2 aromatic rings. The van der Waals surface area contributed by atoms with Crippen LogP contribution in [0.3, 0.4) is 0 Å². The van der Waals surface area contributed by atoms with Crippen LogP contribution in [0.4, 0.5) is 0 Å². The summed E-state index contributed by atoms with van der Waals surface area (Å²) in [5.41, 5.74) is 0.316. The third-order valence-corrected chi connectivity index (χ3v) is 4.57. The van der Waals surface area contributed by atoms with E-state index >= 15 is 0 Å². The number of aldehydes is 1. The molecule has 0 atom stereocenters. The van der Waals surface area contributed by atoms with Gasteiger partial charge in [-0.2, -0.15) is 0 Å². The summed E-state index contributed by atoms with van der Waals surface area (Å²) in [4.78, 5) is 10.5. The molecular formula is C13H13NO5S. The van der Waals surface area contributed by atoms with Crippen molar-refractivity contribution in [2.45, 2.75) is 4.90 Å². The van der Waals surface area contributed by atoms with E-state index in [0.29, 0.717) is 17.6 Å². The van der Waals surface area contributed by atoms with E-state index in [0.717, 1.165) is 10.4 Å². The van der Waals surface area contributed by atoms with Crippen LogP contribution in [0.5, 0.6) is 5.75 Å². The summed E-state index contributed by atoms with van der Waals surface area (Å²) < 4.78 is 30.1. The molecule has 1 N–H and O–H groups in total. The number of furan rings is 1. The van der Waals surface area contributed by atoms with E-state index in [1.54, 1.807) is 0 Å². The molecule has 106 valence electrons. The molecule has 0 radical (unpaired) electrons. The van der Waals surface area contributed by atoms with Crippen molar-refractivity contribution in [1.29, 1.82) is 0 Å². The molecule has 1 heterocycles. The lowest BCUT2D eigenvalue weighted by Gasteiger charge is -2.12. The molecule has 0 amide bonds. The summed E-state index contributed by atoms with van der Waals surface area (Å²) in [6.45, 7) is 0. The fraction of sp³-hybridized carbons (Fsp3) is 0.154. The molecular weight excluding hydrogens is 282 g/mol. The quantitative estimate of drug-likeness (QED) is 0.868. The molecule has 7 heteroatoms. The van der Waals surface area contributed by atoms with Gasteiger partial charge in [-0.05, 0) is 24.3 Å². The number of hydrogen-bond acceptors (Lipinski definition) is 5. The van der Waals surface area contributed by atoms with Crippen molar-refractivity contribution in [3.05, 3.63) is 36.1 Å². The summed E-state index contributed by atoms with van der Waals surface area (Å²) in [7, 11) is -0.799. The summed E-state index contributed by atoms with van der Waals surface area (Å²) in [5.74, 6) is 0.183. The number of aromatic hydroxyl groups is 1. The van der Waals surface area contributed by atoms with Gasteiger partial charge in [0, 0.05) is 20.2 Å². The SMILES string of the molecule is CN(C)S(=O)(=O)c1ccc(-c2ccc(C=O)o2)c(O)c1. The molecule has 0 saturated heterocycles. The number of hydrogen-bond donors (Lipinski definition) is 1. The average molecular weight is 295 g/mol. The van der Waals surface area contributed by atoms with Crippen LogP contribution in [0.1, 0.15) is 10.6 Å². The second kappa shape index (κ2) is 5.10. The van der Waals surface area contributed by atoms with E-state index < -0.39 is 10.0 Å². The number of rotatable bonds is 4. The summed E-state index contributed by atoms with van der Waals surface area (Å²) in [5, 5.41) is 9.94. The van der Waals surface area contributed by atoms with Gasteiger partial charge < -0.3 is 9.52 Å². The van der Waals surface area contributed by atoms with Gasteiger partial charge in [-0.25, -0.2) is 12.7 Å². The van der Waals surface area contributed by atoms with Gasteiger partial charge in [0.05, 0.1) is 10.5 Å². The normalized spacial score (nSPS) is 11.8. The Kier molecular flexibility index (Phi) is 3.65. The first-order chi connectivity index (χ1) is 9.36. The van der Waals surface area contributed by atoms with Gasteiger partial charge in [0.1, 0.15) is 11.5 Å². The highest BCUT2D eigenvalue weighted by Crippen LogP contribution is 2.32. The van der Waals surface area contributed by atoms with Gasteiger partial charge in [0.25, 0.3) is 0 Å². The maximum atomic E-state index is 11.9. The second-order valence-corrected chi connectivity index (χ2v) is 6.44. The van der Waals surface area contributed by atoms with Gasteiger partial charge in [0.2, 0.25) is 10.0 Å². The fourth-order valence-corrected chi connectivity index (χ4v) is 2.57. The number of sulfonamides is 1. The summed E-state index contributed by atoms with van der Waals surface area (Å²) >= 11 is 0. The molecule has 6 nitrogen and oxygen atoms in total.